The SMILES string of the molecule is CC(=O)c1cccc2[nH]c(-c3ccc(Oc4ccccc4)cc3)nc12. The number of ether oxygens (including phenoxy) is 1. The third-order valence-corrected chi connectivity index (χ3v) is 4.00. The van der Waals surface area contributed by atoms with Crippen LogP contribution in [0.15, 0.2) is 72.8 Å². The van der Waals surface area contributed by atoms with Crippen LogP contribution in [0.25, 0.3) is 22.4 Å². The minimum absolute atomic E-state index is 0.00950. The van der Waals surface area contributed by atoms with Crippen molar-refractivity contribution in [1.29, 1.82) is 0 Å². The first-order valence-electron chi connectivity index (χ1n) is 8.04. The number of hydrogen-bond acceptors (Lipinski definition) is 3. The average molecular weight is 328 g/mol. The Labute approximate surface area is 145 Å². The molecule has 0 fully saturated rings. The molecule has 4 nitrogen and oxygen atoms in total. The molecule has 0 saturated carbocycles. The number of ketones is 1. The molecule has 0 radical (unpaired) electrons. The van der Waals surface area contributed by atoms with Crippen LogP contribution >= 0.6 is 0 Å². The van der Waals surface area contributed by atoms with Crippen molar-refractivity contribution in [1.82, 2.24) is 9.97 Å². The van der Waals surface area contributed by atoms with E-state index < -0.39 is 0 Å². The van der Waals surface area contributed by atoms with E-state index in [1.807, 2.05) is 66.7 Å². The van der Waals surface area contributed by atoms with Crippen molar-refractivity contribution in [3.63, 3.8) is 0 Å². The van der Waals surface area contributed by atoms with Gasteiger partial charge in [-0.25, -0.2) is 4.98 Å². The summed E-state index contributed by atoms with van der Waals surface area (Å²) in [5.74, 6) is 2.30. The highest BCUT2D eigenvalue weighted by molar-refractivity contribution is 6.05. The predicted octanol–water partition coefficient (Wildman–Crippen LogP) is 5.22. The maximum Gasteiger partial charge on any atom is 0.162 e. The van der Waals surface area contributed by atoms with Crippen LogP contribution in [0.2, 0.25) is 0 Å². The largest absolute Gasteiger partial charge is 0.457 e. The Balaban J connectivity index is 1.65. The minimum atomic E-state index is 0.00950. The first kappa shape index (κ1) is 15.1. The van der Waals surface area contributed by atoms with E-state index in [9.17, 15) is 4.79 Å². The molecule has 4 heteroatoms. The van der Waals surface area contributed by atoms with Crippen LogP contribution < -0.4 is 4.74 Å². The van der Waals surface area contributed by atoms with Crippen molar-refractivity contribution in [3.8, 4) is 22.9 Å². The molecule has 1 N–H and O–H groups in total. The zero-order chi connectivity index (χ0) is 17.2. The molecule has 0 bridgehead atoms. The van der Waals surface area contributed by atoms with Crippen LogP contribution in [-0.4, -0.2) is 15.8 Å². The maximum atomic E-state index is 11.8. The Morgan fingerprint density at radius 1 is 0.880 bits per heavy atom. The van der Waals surface area contributed by atoms with Gasteiger partial charge in [0.2, 0.25) is 0 Å². The molecule has 4 rings (SSSR count). The number of carbonyl (C=O) groups is 1. The molecule has 0 unspecified atom stereocenters. The van der Waals surface area contributed by atoms with Gasteiger partial charge in [-0.1, -0.05) is 24.3 Å². The van der Waals surface area contributed by atoms with E-state index in [0.29, 0.717) is 11.1 Å². The quantitative estimate of drug-likeness (QED) is 0.522. The molecule has 0 saturated heterocycles. The van der Waals surface area contributed by atoms with Crippen LogP contribution in [0, 0.1) is 0 Å². The summed E-state index contributed by atoms with van der Waals surface area (Å²) in [5, 5.41) is 0. The second-order valence-corrected chi connectivity index (χ2v) is 5.78. The standard InChI is InChI=1S/C21H16N2O2/c1-14(24)18-8-5-9-19-20(18)23-21(22-19)15-10-12-17(13-11-15)25-16-6-3-2-4-7-16/h2-13H,1H3,(H,22,23). The summed E-state index contributed by atoms with van der Waals surface area (Å²) in [4.78, 5) is 19.6. The van der Waals surface area contributed by atoms with Gasteiger partial charge >= 0.3 is 0 Å². The number of rotatable bonds is 4. The van der Waals surface area contributed by atoms with Crippen molar-refractivity contribution in [2.75, 3.05) is 0 Å². The normalized spacial score (nSPS) is 10.8. The van der Waals surface area contributed by atoms with Crippen LogP contribution in [0.5, 0.6) is 11.5 Å². The highest BCUT2D eigenvalue weighted by Gasteiger charge is 2.11. The van der Waals surface area contributed by atoms with E-state index in [1.165, 1.54) is 0 Å². The number of para-hydroxylation sites is 2. The fourth-order valence-electron chi connectivity index (χ4n) is 2.76. The molecule has 4 aromatic rings. The molecular weight excluding hydrogens is 312 g/mol. The molecule has 3 aromatic carbocycles. The smallest absolute Gasteiger partial charge is 0.162 e. The molecular formula is C21H16N2O2. The first-order chi connectivity index (χ1) is 12.2. The Kier molecular flexibility index (Phi) is 3.78. The summed E-state index contributed by atoms with van der Waals surface area (Å²) >= 11 is 0. The van der Waals surface area contributed by atoms with Gasteiger partial charge in [0.1, 0.15) is 17.3 Å². The van der Waals surface area contributed by atoms with E-state index in [4.69, 9.17) is 4.74 Å². The zero-order valence-corrected chi connectivity index (χ0v) is 13.7. The topological polar surface area (TPSA) is 55.0 Å². The van der Waals surface area contributed by atoms with E-state index in [1.54, 1.807) is 13.0 Å². The van der Waals surface area contributed by atoms with Gasteiger partial charge in [0.15, 0.2) is 5.78 Å². The summed E-state index contributed by atoms with van der Waals surface area (Å²) in [7, 11) is 0. The van der Waals surface area contributed by atoms with Crippen molar-refractivity contribution >= 4 is 16.8 Å². The lowest BCUT2D eigenvalue weighted by Gasteiger charge is -2.05. The Morgan fingerprint density at radius 3 is 2.32 bits per heavy atom. The third-order valence-electron chi connectivity index (χ3n) is 4.00. The number of fused-ring (bicyclic) bond motifs is 1. The molecule has 0 atom stereocenters. The molecule has 0 amide bonds. The van der Waals surface area contributed by atoms with Crippen molar-refractivity contribution in [2.24, 2.45) is 0 Å². The van der Waals surface area contributed by atoms with Gasteiger partial charge in [0.05, 0.1) is 11.0 Å². The molecule has 0 aliphatic heterocycles. The number of carbonyl (C=O) groups excluding carboxylic acids is 1. The van der Waals surface area contributed by atoms with Crippen LogP contribution in [0.3, 0.4) is 0 Å². The second-order valence-electron chi connectivity index (χ2n) is 5.78. The Morgan fingerprint density at radius 2 is 1.60 bits per heavy atom. The monoisotopic (exact) mass is 328 g/mol. The summed E-state index contributed by atoms with van der Waals surface area (Å²) in [6, 6.07) is 22.9. The van der Waals surface area contributed by atoms with E-state index >= 15 is 0 Å². The lowest BCUT2D eigenvalue weighted by Crippen LogP contribution is -1.92. The molecule has 25 heavy (non-hydrogen) atoms. The van der Waals surface area contributed by atoms with Crippen molar-refractivity contribution < 1.29 is 9.53 Å². The Hall–Kier alpha value is -3.40. The van der Waals surface area contributed by atoms with Gasteiger partial charge in [0.25, 0.3) is 0 Å². The number of Topliss-reactive ketones (excluding diaryl/α,β-unsaturated/α-hetero) is 1. The third kappa shape index (κ3) is 3.02. The molecule has 122 valence electrons. The van der Waals surface area contributed by atoms with Gasteiger partial charge in [-0.05, 0) is 55.5 Å². The number of hydrogen-bond donors (Lipinski definition) is 1. The molecule has 1 heterocycles. The number of imidazole rings is 1. The zero-order valence-electron chi connectivity index (χ0n) is 13.7. The first-order valence-corrected chi connectivity index (χ1v) is 8.04. The average Bonchev–Trinajstić information content (AvgIpc) is 3.07. The predicted molar refractivity (Wildman–Crippen MR) is 98.1 cm³/mol. The van der Waals surface area contributed by atoms with Crippen LogP contribution in [-0.2, 0) is 0 Å². The van der Waals surface area contributed by atoms with Gasteiger partial charge in [0, 0.05) is 11.1 Å². The summed E-state index contributed by atoms with van der Waals surface area (Å²) in [5.41, 5.74) is 3.12. The fraction of sp³-hybridized carbons (Fsp3) is 0.0476. The van der Waals surface area contributed by atoms with E-state index in [2.05, 4.69) is 9.97 Å². The summed E-state index contributed by atoms with van der Waals surface area (Å²) in [6.45, 7) is 1.55. The summed E-state index contributed by atoms with van der Waals surface area (Å²) < 4.78 is 5.80. The lowest BCUT2D eigenvalue weighted by atomic mass is 10.1. The number of H-pyrrole nitrogens is 1. The molecule has 1 aromatic heterocycles. The Bertz CT molecular complexity index is 1030. The minimum Gasteiger partial charge on any atom is -0.457 e. The number of aromatic nitrogens is 2. The number of aromatic amines is 1. The van der Waals surface area contributed by atoms with Gasteiger partial charge in [-0.3, -0.25) is 4.79 Å². The van der Waals surface area contributed by atoms with Crippen LogP contribution in [0.4, 0.5) is 0 Å². The van der Waals surface area contributed by atoms with Crippen LogP contribution in [0.1, 0.15) is 17.3 Å². The fourth-order valence-corrected chi connectivity index (χ4v) is 2.76. The lowest BCUT2D eigenvalue weighted by molar-refractivity contribution is 0.101. The van der Waals surface area contributed by atoms with E-state index in [0.717, 1.165) is 28.4 Å². The van der Waals surface area contributed by atoms with Gasteiger partial charge in [-0.15, -0.1) is 0 Å². The van der Waals surface area contributed by atoms with Gasteiger partial charge < -0.3 is 9.72 Å². The number of nitrogens with zero attached hydrogens (tertiary/aromatic N) is 1. The summed E-state index contributed by atoms with van der Waals surface area (Å²) in [6.07, 6.45) is 0. The van der Waals surface area contributed by atoms with Crippen molar-refractivity contribution in [2.45, 2.75) is 6.92 Å². The van der Waals surface area contributed by atoms with Crippen molar-refractivity contribution in [3.05, 3.63) is 78.4 Å². The number of nitrogens with one attached hydrogen (secondary N) is 1. The van der Waals surface area contributed by atoms with Gasteiger partial charge in [-0.2, -0.15) is 0 Å². The van der Waals surface area contributed by atoms with E-state index in [-0.39, 0.29) is 5.78 Å². The second kappa shape index (κ2) is 6.24. The molecule has 0 spiro atoms. The highest BCUT2D eigenvalue weighted by atomic mass is 16.5. The molecule has 0 aliphatic rings. The maximum absolute atomic E-state index is 11.8. The number of benzene rings is 3. The molecule has 0 aliphatic carbocycles. The highest BCUT2D eigenvalue weighted by Crippen LogP contribution is 2.26.